The number of aryl methyl sites for hydroxylation is 4. The lowest BCUT2D eigenvalue weighted by Crippen LogP contribution is -2.31. The van der Waals surface area contributed by atoms with E-state index in [1.165, 1.54) is 27.8 Å². The van der Waals surface area contributed by atoms with E-state index < -0.39 is 0 Å². The van der Waals surface area contributed by atoms with Crippen LogP contribution in [0.5, 0.6) is 0 Å². The summed E-state index contributed by atoms with van der Waals surface area (Å²) in [5.74, 6) is 0. The zero-order valence-corrected chi connectivity index (χ0v) is 14.8. The highest BCUT2D eigenvalue weighted by Gasteiger charge is 2.10. The maximum Gasteiger partial charge on any atom is 0.171 e. The van der Waals surface area contributed by atoms with Crippen LogP contribution in [0.25, 0.3) is 0 Å². The Kier molecular flexibility index (Phi) is 5.19. The van der Waals surface area contributed by atoms with Crippen LogP contribution in [0.4, 0.5) is 5.69 Å². The van der Waals surface area contributed by atoms with Gasteiger partial charge in [0.15, 0.2) is 5.11 Å². The molecule has 2 N–H and O–H groups in total. The highest BCUT2D eigenvalue weighted by atomic mass is 32.1. The SMILES string of the molecule is Cc1ccc(NC(=S)N[C@H](C)c2ccc(C)cc2C)c(C)c1. The molecule has 0 radical (unpaired) electrons. The predicted octanol–water partition coefficient (Wildman–Crippen LogP) is 4.97. The number of thiocarbonyl (C=S) groups is 1. The van der Waals surface area contributed by atoms with Gasteiger partial charge in [-0.2, -0.15) is 0 Å². The van der Waals surface area contributed by atoms with Crippen molar-refractivity contribution in [2.24, 2.45) is 0 Å². The van der Waals surface area contributed by atoms with Crippen molar-refractivity contribution >= 4 is 23.0 Å². The van der Waals surface area contributed by atoms with Gasteiger partial charge in [0.25, 0.3) is 0 Å². The zero-order valence-electron chi connectivity index (χ0n) is 13.9. The van der Waals surface area contributed by atoms with Crippen molar-refractivity contribution in [1.29, 1.82) is 0 Å². The second-order valence-electron chi connectivity index (χ2n) is 6.00. The van der Waals surface area contributed by atoms with E-state index in [0.717, 1.165) is 5.69 Å². The second-order valence-corrected chi connectivity index (χ2v) is 6.41. The molecule has 0 saturated heterocycles. The summed E-state index contributed by atoms with van der Waals surface area (Å²) in [5, 5.41) is 7.31. The van der Waals surface area contributed by atoms with Crippen LogP contribution >= 0.6 is 12.2 Å². The monoisotopic (exact) mass is 312 g/mol. The smallest absolute Gasteiger partial charge is 0.171 e. The Balaban J connectivity index is 2.05. The van der Waals surface area contributed by atoms with Gasteiger partial charge in [-0.1, -0.05) is 41.5 Å². The van der Waals surface area contributed by atoms with E-state index in [1.807, 2.05) is 0 Å². The molecule has 0 heterocycles. The summed E-state index contributed by atoms with van der Waals surface area (Å²) in [4.78, 5) is 0. The van der Waals surface area contributed by atoms with Crippen molar-refractivity contribution in [3.05, 3.63) is 64.2 Å². The molecule has 2 aromatic carbocycles. The normalized spacial score (nSPS) is 11.9. The Labute approximate surface area is 139 Å². The van der Waals surface area contributed by atoms with Crippen molar-refractivity contribution in [3.63, 3.8) is 0 Å². The van der Waals surface area contributed by atoms with Crippen LogP contribution in [0, 0.1) is 27.7 Å². The summed E-state index contributed by atoms with van der Waals surface area (Å²) in [6, 6.07) is 13.0. The van der Waals surface area contributed by atoms with Gasteiger partial charge in [0.1, 0.15) is 0 Å². The van der Waals surface area contributed by atoms with Crippen LogP contribution in [0.3, 0.4) is 0 Å². The molecule has 0 saturated carbocycles. The first kappa shape index (κ1) is 16.5. The fourth-order valence-corrected chi connectivity index (χ4v) is 2.98. The van der Waals surface area contributed by atoms with E-state index in [1.54, 1.807) is 0 Å². The number of rotatable bonds is 3. The van der Waals surface area contributed by atoms with Gasteiger partial charge in [0.05, 0.1) is 6.04 Å². The largest absolute Gasteiger partial charge is 0.356 e. The third-order valence-electron chi connectivity index (χ3n) is 3.87. The van der Waals surface area contributed by atoms with Gasteiger partial charge in [-0.15, -0.1) is 0 Å². The molecule has 2 nitrogen and oxygen atoms in total. The van der Waals surface area contributed by atoms with E-state index in [9.17, 15) is 0 Å². The summed E-state index contributed by atoms with van der Waals surface area (Å²) in [5.41, 5.74) is 7.35. The molecule has 116 valence electrons. The first-order chi connectivity index (χ1) is 10.4. The van der Waals surface area contributed by atoms with Crippen LogP contribution < -0.4 is 10.6 Å². The molecule has 1 atom stereocenters. The minimum atomic E-state index is 0.173. The fraction of sp³-hybridized carbons (Fsp3) is 0.316. The molecule has 0 unspecified atom stereocenters. The molecule has 3 heteroatoms. The lowest BCUT2D eigenvalue weighted by atomic mass is 10.0. The topological polar surface area (TPSA) is 24.1 Å². The Morgan fingerprint density at radius 1 is 0.909 bits per heavy atom. The van der Waals surface area contributed by atoms with Gasteiger partial charge in [-0.3, -0.25) is 0 Å². The van der Waals surface area contributed by atoms with Crippen LogP contribution in [0.15, 0.2) is 36.4 Å². The van der Waals surface area contributed by atoms with Gasteiger partial charge >= 0.3 is 0 Å². The average Bonchev–Trinajstić information content (AvgIpc) is 2.41. The molecule has 22 heavy (non-hydrogen) atoms. The molecule has 0 aromatic heterocycles. The van der Waals surface area contributed by atoms with Crippen molar-refractivity contribution in [2.75, 3.05) is 5.32 Å². The first-order valence-corrected chi connectivity index (χ1v) is 7.99. The number of benzene rings is 2. The minimum Gasteiger partial charge on any atom is -0.356 e. The number of hydrogen-bond donors (Lipinski definition) is 2. The van der Waals surface area contributed by atoms with Gasteiger partial charge in [0, 0.05) is 5.69 Å². The quantitative estimate of drug-likeness (QED) is 0.783. The number of anilines is 1. The van der Waals surface area contributed by atoms with Gasteiger partial charge in [-0.25, -0.2) is 0 Å². The van der Waals surface area contributed by atoms with Crippen molar-refractivity contribution in [2.45, 2.75) is 40.7 Å². The minimum absolute atomic E-state index is 0.173. The fourth-order valence-electron chi connectivity index (χ4n) is 2.70. The molecule has 0 spiro atoms. The first-order valence-electron chi connectivity index (χ1n) is 7.58. The molecule has 0 aliphatic rings. The molecular formula is C19H24N2S. The molecule has 0 aliphatic heterocycles. The van der Waals surface area contributed by atoms with Crippen LogP contribution in [0.1, 0.15) is 40.8 Å². The Bertz CT molecular complexity index is 692. The van der Waals surface area contributed by atoms with Crippen LogP contribution in [-0.4, -0.2) is 5.11 Å². The highest BCUT2D eigenvalue weighted by Crippen LogP contribution is 2.20. The summed E-state index contributed by atoms with van der Waals surface area (Å²) in [6.45, 7) is 10.6. The molecule has 0 amide bonds. The van der Waals surface area contributed by atoms with Gasteiger partial charge in [-0.05, 0) is 69.6 Å². The van der Waals surface area contributed by atoms with Crippen LogP contribution in [0.2, 0.25) is 0 Å². The van der Waals surface area contributed by atoms with E-state index in [-0.39, 0.29) is 6.04 Å². The average molecular weight is 312 g/mol. The zero-order chi connectivity index (χ0) is 16.3. The van der Waals surface area contributed by atoms with E-state index in [2.05, 4.69) is 81.7 Å². The van der Waals surface area contributed by atoms with E-state index in [4.69, 9.17) is 12.2 Å². The molecular weight excluding hydrogens is 288 g/mol. The summed E-state index contributed by atoms with van der Waals surface area (Å²) in [6.07, 6.45) is 0. The molecule has 2 rings (SSSR count). The van der Waals surface area contributed by atoms with Crippen molar-refractivity contribution in [3.8, 4) is 0 Å². The summed E-state index contributed by atoms with van der Waals surface area (Å²) in [7, 11) is 0. The Hall–Kier alpha value is -1.87. The predicted molar refractivity (Wildman–Crippen MR) is 99.6 cm³/mol. The van der Waals surface area contributed by atoms with Gasteiger partial charge in [0.2, 0.25) is 0 Å². The highest BCUT2D eigenvalue weighted by molar-refractivity contribution is 7.80. The third-order valence-corrected chi connectivity index (χ3v) is 4.09. The molecule has 0 bridgehead atoms. The third kappa shape index (κ3) is 4.08. The maximum atomic E-state index is 5.45. The van der Waals surface area contributed by atoms with E-state index >= 15 is 0 Å². The molecule has 0 fully saturated rings. The van der Waals surface area contributed by atoms with Gasteiger partial charge < -0.3 is 10.6 Å². The number of nitrogens with one attached hydrogen (secondary N) is 2. The number of hydrogen-bond acceptors (Lipinski definition) is 1. The Morgan fingerprint density at radius 3 is 2.09 bits per heavy atom. The second kappa shape index (κ2) is 6.93. The van der Waals surface area contributed by atoms with E-state index in [0.29, 0.717) is 5.11 Å². The standard InChI is InChI=1S/C19H24N2S/c1-12-6-8-17(14(3)10-12)16(5)20-19(22)21-18-9-7-13(2)11-15(18)4/h6-11,16H,1-5H3,(H2,20,21,22)/t16-/m1/s1. The Morgan fingerprint density at radius 2 is 1.50 bits per heavy atom. The molecule has 2 aromatic rings. The van der Waals surface area contributed by atoms with Crippen LogP contribution in [-0.2, 0) is 0 Å². The lowest BCUT2D eigenvalue weighted by molar-refractivity contribution is 0.717. The van der Waals surface area contributed by atoms with Crippen molar-refractivity contribution in [1.82, 2.24) is 5.32 Å². The maximum absolute atomic E-state index is 5.45. The molecule has 0 aliphatic carbocycles. The van der Waals surface area contributed by atoms with Crippen molar-refractivity contribution < 1.29 is 0 Å². The summed E-state index contributed by atoms with van der Waals surface area (Å²) >= 11 is 5.45. The lowest BCUT2D eigenvalue weighted by Gasteiger charge is -2.20. The summed E-state index contributed by atoms with van der Waals surface area (Å²) < 4.78 is 0.